The Morgan fingerprint density at radius 2 is 2.00 bits per heavy atom. The SMILES string of the molecule is CCc1nn(C)c(CC)c1CNC1=NCCN1C. The molecule has 0 spiro atoms. The smallest absolute Gasteiger partial charge is 0.194 e. The molecule has 18 heavy (non-hydrogen) atoms. The van der Waals surface area contributed by atoms with E-state index in [9.17, 15) is 0 Å². The van der Waals surface area contributed by atoms with E-state index < -0.39 is 0 Å². The van der Waals surface area contributed by atoms with Gasteiger partial charge >= 0.3 is 0 Å². The molecule has 5 heteroatoms. The van der Waals surface area contributed by atoms with Gasteiger partial charge in [-0.1, -0.05) is 13.8 Å². The molecule has 0 fully saturated rings. The van der Waals surface area contributed by atoms with Crippen LogP contribution in [0.5, 0.6) is 0 Å². The molecule has 1 N–H and O–H groups in total. The molecule has 5 nitrogen and oxygen atoms in total. The molecule has 2 heterocycles. The van der Waals surface area contributed by atoms with Crippen molar-refractivity contribution in [2.24, 2.45) is 12.0 Å². The highest BCUT2D eigenvalue weighted by Crippen LogP contribution is 2.15. The lowest BCUT2D eigenvalue weighted by atomic mass is 10.1. The summed E-state index contributed by atoms with van der Waals surface area (Å²) in [6.07, 6.45) is 2.00. The molecule has 1 aromatic heterocycles. The normalized spacial score (nSPS) is 15.1. The average Bonchev–Trinajstić information content (AvgIpc) is 2.90. The van der Waals surface area contributed by atoms with Gasteiger partial charge in [-0.3, -0.25) is 9.67 Å². The molecule has 0 aromatic carbocycles. The van der Waals surface area contributed by atoms with Gasteiger partial charge < -0.3 is 10.2 Å². The average molecular weight is 249 g/mol. The second-order valence-electron chi connectivity index (χ2n) is 4.68. The van der Waals surface area contributed by atoms with Crippen LogP contribution < -0.4 is 5.32 Å². The molecule has 2 rings (SSSR count). The minimum Gasteiger partial charge on any atom is -0.352 e. The summed E-state index contributed by atoms with van der Waals surface area (Å²) in [7, 11) is 4.10. The molecule has 0 amide bonds. The van der Waals surface area contributed by atoms with Crippen molar-refractivity contribution in [2.75, 3.05) is 20.1 Å². The van der Waals surface area contributed by atoms with E-state index in [2.05, 4.69) is 41.2 Å². The molecule has 100 valence electrons. The summed E-state index contributed by atoms with van der Waals surface area (Å²) in [5.41, 5.74) is 3.86. The van der Waals surface area contributed by atoms with Crippen LogP contribution in [0.1, 0.15) is 30.8 Å². The summed E-state index contributed by atoms with van der Waals surface area (Å²) in [6.45, 7) is 7.07. The second kappa shape index (κ2) is 5.42. The van der Waals surface area contributed by atoms with Gasteiger partial charge in [0.25, 0.3) is 0 Å². The Morgan fingerprint density at radius 1 is 1.22 bits per heavy atom. The Kier molecular flexibility index (Phi) is 3.89. The highest BCUT2D eigenvalue weighted by atomic mass is 15.3. The minimum atomic E-state index is 0.823. The zero-order valence-electron chi connectivity index (χ0n) is 11.8. The third kappa shape index (κ3) is 2.35. The first-order valence-corrected chi connectivity index (χ1v) is 6.70. The number of nitrogens with zero attached hydrogens (tertiary/aromatic N) is 4. The molecule has 1 aliphatic heterocycles. The fourth-order valence-electron chi connectivity index (χ4n) is 2.48. The predicted molar refractivity (Wildman–Crippen MR) is 73.7 cm³/mol. The molecule has 0 aliphatic carbocycles. The van der Waals surface area contributed by atoms with Gasteiger partial charge in [-0.15, -0.1) is 0 Å². The molecule has 1 aromatic rings. The van der Waals surface area contributed by atoms with Gasteiger partial charge in [-0.25, -0.2) is 0 Å². The fourth-order valence-corrected chi connectivity index (χ4v) is 2.48. The zero-order valence-corrected chi connectivity index (χ0v) is 11.8. The van der Waals surface area contributed by atoms with Crippen molar-refractivity contribution in [1.82, 2.24) is 20.0 Å². The second-order valence-corrected chi connectivity index (χ2v) is 4.68. The summed E-state index contributed by atoms with van der Waals surface area (Å²) in [4.78, 5) is 6.61. The molecule has 0 unspecified atom stereocenters. The van der Waals surface area contributed by atoms with E-state index in [0.717, 1.165) is 38.4 Å². The standard InChI is InChI=1S/C13H23N5/c1-5-11-10(12(6-2)18(4)16-11)9-15-13-14-7-8-17(13)3/h5-9H2,1-4H3,(H,14,15). The van der Waals surface area contributed by atoms with E-state index in [1.165, 1.54) is 17.0 Å². The van der Waals surface area contributed by atoms with Crippen LogP contribution in [0.2, 0.25) is 0 Å². The van der Waals surface area contributed by atoms with Gasteiger partial charge in [0.15, 0.2) is 5.96 Å². The number of guanidine groups is 1. The van der Waals surface area contributed by atoms with Gasteiger partial charge in [0.1, 0.15) is 0 Å². The number of aryl methyl sites for hydroxylation is 2. The first-order valence-electron chi connectivity index (χ1n) is 6.70. The summed E-state index contributed by atoms with van der Waals surface area (Å²) in [5, 5.41) is 8.02. The van der Waals surface area contributed by atoms with Crippen LogP contribution >= 0.6 is 0 Å². The Balaban J connectivity index is 2.13. The van der Waals surface area contributed by atoms with E-state index in [4.69, 9.17) is 0 Å². The first kappa shape index (κ1) is 12.9. The third-order valence-corrected chi connectivity index (χ3v) is 3.51. The Labute approximate surface area is 109 Å². The maximum Gasteiger partial charge on any atom is 0.194 e. The van der Waals surface area contributed by atoms with Crippen molar-refractivity contribution in [3.05, 3.63) is 17.0 Å². The van der Waals surface area contributed by atoms with E-state index in [-0.39, 0.29) is 0 Å². The number of nitrogens with one attached hydrogen (secondary N) is 1. The molecule has 0 saturated heterocycles. The highest BCUT2D eigenvalue weighted by Gasteiger charge is 2.16. The maximum atomic E-state index is 4.59. The number of hydrogen-bond acceptors (Lipinski definition) is 4. The fraction of sp³-hybridized carbons (Fsp3) is 0.692. The van der Waals surface area contributed by atoms with Gasteiger partial charge in [0, 0.05) is 38.4 Å². The number of rotatable bonds is 4. The summed E-state index contributed by atoms with van der Waals surface area (Å²) in [5.74, 6) is 1.00. The third-order valence-electron chi connectivity index (χ3n) is 3.51. The zero-order chi connectivity index (χ0) is 13.1. The predicted octanol–water partition coefficient (Wildman–Crippen LogP) is 0.936. The van der Waals surface area contributed by atoms with E-state index in [1.807, 2.05) is 11.7 Å². The molecular formula is C13H23N5. The Hall–Kier alpha value is -1.52. The van der Waals surface area contributed by atoms with E-state index in [0.29, 0.717) is 0 Å². The first-order chi connectivity index (χ1) is 8.67. The van der Waals surface area contributed by atoms with Crippen molar-refractivity contribution < 1.29 is 0 Å². The number of likely N-dealkylation sites (N-methyl/N-ethyl adjacent to an activating group) is 1. The van der Waals surface area contributed by atoms with Gasteiger partial charge in [0.2, 0.25) is 0 Å². The molecular weight excluding hydrogens is 226 g/mol. The molecule has 0 radical (unpaired) electrons. The van der Waals surface area contributed by atoms with Gasteiger partial charge in [-0.2, -0.15) is 5.10 Å². The van der Waals surface area contributed by atoms with E-state index in [1.54, 1.807) is 0 Å². The maximum absolute atomic E-state index is 4.59. The number of aromatic nitrogens is 2. The highest BCUT2D eigenvalue weighted by molar-refractivity contribution is 5.81. The van der Waals surface area contributed by atoms with Crippen LogP contribution in [0.4, 0.5) is 0 Å². The molecule has 1 aliphatic rings. The lowest BCUT2D eigenvalue weighted by molar-refractivity contribution is 0.533. The molecule has 0 saturated carbocycles. The van der Waals surface area contributed by atoms with Gasteiger partial charge in [-0.05, 0) is 12.8 Å². The summed E-state index contributed by atoms with van der Waals surface area (Å²) < 4.78 is 2.01. The summed E-state index contributed by atoms with van der Waals surface area (Å²) >= 11 is 0. The topological polar surface area (TPSA) is 45.5 Å². The van der Waals surface area contributed by atoms with Crippen molar-refractivity contribution in [2.45, 2.75) is 33.2 Å². The van der Waals surface area contributed by atoms with Crippen LogP contribution in [0.25, 0.3) is 0 Å². The van der Waals surface area contributed by atoms with E-state index >= 15 is 0 Å². The number of aliphatic imine (C=N–C) groups is 1. The monoisotopic (exact) mass is 249 g/mol. The summed E-state index contributed by atoms with van der Waals surface area (Å²) in [6, 6.07) is 0. The lowest BCUT2D eigenvalue weighted by Gasteiger charge is -2.15. The number of hydrogen-bond donors (Lipinski definition) is 1. The van der Waals surface area contributed by atoms with Crippen molar-refractivity contribution >= 4 is 5.96 Å². The largest absolute Gasteiger partial charge is 0.352 e. The van der Waals surface area contributed by atoms with Crippen molar-refractivity contribution in [3.8, 4) is 0 Å². The quantitative estimate of drug-likeness (QED) is 0.863. The lowest BCUT2D eigenvalue weighted by Crippen LogP contribution is -2.35. The van der Waals surface area contributed by atoms with Crippen LogP contribution in [-0.2, 0) is 26.4 Å². The van der Waals surface area contributed by atoms with Crippen molar-refractivity contribution in [1.29, 1.82) is 0 Å². The Morgan fingerprint density at radius 3 is 2.56 bits per heavy atom. The van der Waals surface area contributed by atoms with Crippen LogP contribution in [-0.4, -0.2) is 40.8 Å². The molecule has 0 atom stereocenters. The molecule has 0 bridgehead atoms. The van der Waals surface area contributed by atoms with Gasteiger partial charge in [0.05, 0.1) is 12.2 Å². The van der Waals surface area contributed by atoms with Crippen LogP contribution in [0, 0.1) is 0 Å². The van der Waals surface area contributed by atoms with Crippen LogP contribution in [0.3, 0.4) is 0 Å². The Bertz CT molecular complexity index is 446. The minimum absolute atomic E-state index is 0.823. The van der Waals surface area contributed by atoms with Crippen LogP contribution in [0.15, 0.2) is 4.99 Å². The van der Waals surface area contributed by atoms with Crippen molar-refractivity contribution in [3.63, 3.8) is 0 Å².